The smallest absolute Gasteiger partial charge is 0.272 e. The lowest BCUT2D eigenvalue weighted by Crippen LogP contribution is -2.30. The number of imidazole rings is 1. The number of fused-ring (bicyclic) bond motifs is 1. The van der Waals surface area contributed by atoms with Crippen molar-refractivity contribution in [1.29, 1.82) is 0 Å². The van der Waals surface area contributed by atoms with Gasteiger partial charge in [0.15, 0.2) is 5.69 Å². The zero-order valence-electron chi connectivity index (χ0n) is 11.1. The summed E-state index contributed by atoms with van der Waals surface area (Å²) in [5.41, 5.74) is 2.14. The highest BCUT2D eigenvalue weighted by Crippen LogP contribution is 2.14. The van der Waals surface area contributed by atoms with Crippen molar-refractivity contribution in [2.24, 2.45) is 0 Å². The van der Waals surface area contributed by atoms with E-state index in [-0.39, 0.29) is 11.9 Å². The van der Waals surface area contributed by atoms with Gasteiger partial charge < -0.3 is 9.72 Å². The van der Waals surface area contributed by atoms with Gasteiger partial charge in [-0.1, -0.05) is 13.8 Å². The molecule has 0 atom stereocenters. The number of aromatic nitrogens is 3. The molecule has 1 amide bonds. The van der Waals surface area contributed by atoms with Gasteiger partial charge in [0, 0.05) is 12.2 Å². The lowest BCUT2D eigenvalue weighted by atomic mass is 10.1. The van der Waals surface area contributed by atoms with Crippen molar-refractivity contribution in [2.45, 2.75) is 39.7 Å². The molecule has 0 radical (unpaired) electrons. The normalized spacial score (nSPS) is 11.4. The second-order valence-electron chi connectivity index (χ2n) is 4.98. The van der Waals surface area contributed by atoms with Gasteiger partial charge in [0.1, 0.15) is 6.33 Å². The zero-order valence-corrected chi connectivity index (χ0v) is 11.1. The highest BCUT2D eigenvalue weighted by Gasteiger charge is 2.15. The highest BCUT2D eigenvalue weighted by molar-refractivity contribution is 5.98. The number of amides is 1. The Morgan fingerprint density at radius 1 is 1.28 bits per heavy atom. The van der Waals surface area contributed by atoms with Crippen LogP contribution in [-0.4, -0.2) is 26.3 Å². The van der Waals surface area contributed by atoms with Crippen LogP contribution in [0, 0.1) is 0 Å². The minimum Gasteiger partial charge on any atom is -0.348 e. The predicted octanol–water partition coefficient (Wildman–Crippen LogP) is 1.99. The van der Waals surface area contributed by atoms with Crippen molar-refractivity contribution in [3.63, 3.8) is 0 Å². The number of nitrogens with zero attached hydrogens (tertiary/aromatic N) is 3. The van der Waals surface area contributed by atoms with Gasteiger partial charge in [0.05, 0.1) is 17.4 Å². The summed E-state index contributed by atoms with van der Waals surface area (Å²) in [6.07, 6.45) is 5.27. The molecule has 96 valence electrons. The van der Waals surface area contributed by atoms with E-state index in [1.165, 1.54) is 0 Å². The largest absolute Gasteiger partial charge is 0.348 e. The third-order valence-electron chi connectivity index (χ3n) is 2.67. The molecular weight excluding hydrogens is 228 g/mol. The van der Waals surface area contributed by atoms with E-state index in [4.69, 9.17) is 0 Å². The monoisotopic (exact) mass is 246 g/mol. The molecule has 0 aromatic carbocycles. The molecule has 5 nitrogen and oxygen atoms in total. The van der Waals surface area contributed by atoms with Crippen molar-refractivity contribution >= 4 is 11.4 Å². The van der Waals surface area contributed by atoms with Gasteiger partial charge in [0.2, 0.25) is 0 Å². The van der Waals surface area contributed by atoms with E-state index in [1.54, 1.807) is 12.5 Å². The predicted molar refractivity (Wildman–Crippen MR) is 69.7 cm³/mol. The highest BCUT2D eigenvalue weighted by atomic mass is 16.1. The van der Waals surface area contributed by atoms with Crippen LogP contribution in [0.4, 0.5) is 0 Å². The van der Waals surface area contributed by atoms with E-state index in [2.05, 4.69) is 29.1 Å². The zero-order chi connectivity index (χ0) is 13.3. The first kappa shape index (κ1) is 12.5. The van der Waals surface area contributed by atoms with Gasteiger partial charge in [-0.15, -0.1) is 0 Å². The van der Waals surface area contributed by atoms with E-state index < -0.39 is 0 Å². The molecule has 0 saturated carbocycles. The summed E-state index contributed by atoms with van der Waals surface area (Å²) in [6.45, 7) is 8.01. The molecule has 5 heteroatoms. The van der Waals surface area contributed by atoms with Crippen molar-refractivity contribution < 1.29 is 4.79 Å². The van der Waals surface area contributed by atoms with E-state index in [1.807, 2.05) is 24.4 Å². The topological polar surface area (TPSA) is 59.3 Å². The average molecular weight is 246 g/mol. The maximum Gasteiger partial charge on any atom is 0.272 e. The summed E-state index contributed by atoms with van der Waals surface area (Å²) < 4.78 is 1.84. The van der Waals surface area contributed by atoms with E-state index in [9.17, 15) is 4.79 Å². The number of hydrogen-bond donors (Lipinski definition) is 1. The van der Waals surface area contributed by atoms with Gasteiger partial charge in [0.25, 0.3) is 5.91 Å². The summed E-state index contributed by atoms with van der Waals surface area (Å²) in [6, 6.07) is 0.0946. The molecule has 1 N–H and O–H groups in total. The number of carbonyl (C=O) groups excluding carboxylic acids is 1. The fraction of sp³-hybridized carbons (Fsp3) is 0.462. The maximum absolute atomic E-state index is 11.9. The second kappa shape index (κ2) is 4.76. The lowest BCUT2D eigenvalue weighted by molar-refractivity contribution is 0.0940. The van der Waals surface area contributed by atoms with Crippen LogP contribution in [0.2, 0.25) is 0 Å². The van der Waals surface area contributed by atoms with Crippen LogP contribution < -0.4 is 5.32 Å². The van der Waals surface area contributed by atoms with Gasteiger partial charge in [-0.25, -0.2) is 4.98 Å². The van der Waals surface area contributed by atoms with Crippen LogP contribution in [0.5, 0.6) is 0 Å². The second-order valence-corrected chi connectivity index (χ2v) is 4.98. The molecule has 0 aliphatic carbocycles. The Morgan fingerprint density at radius 3 is 2.61 bits per heavy atom. The molecule has 0 unspecified atom stereocenters. The number of carbonyl (C=O) groups is 1. The van der Waals surface area contributed by atoms with E-state index in [0.29, 0.717) is 11.6 Å². The quantitative estimate of drug-likeness (QED) is 0.901. The Kier molecular flexibility index (Phi) is 3.32. The maximum atomic E-state index is 11.9. The summed E-state index contributed by atoms with van der Waals surface area (Å²) in [7, 11) is 0. The first-order valence-corrected chi connectivity index (χ1v) is 6.12. The standard InChI is InChI=1S/C13H18N4O/c1-8(2)10-6-17-7-15-12(11(17)5-14-10)13(18)16-9(3)4/h5-9H,1-4H3,(H,16,18). The molecule has 18 heavy (non-hydrogen) atoms. The van der Waals surface area contributed by atoms with Crippen LogP contribution in [0.15, 0.2) is 18.7 Å². The van der Waals surface area contributed by atoms with Gasteiger partial charge in [-0.3, -0.25) is 9.78 Å². The van der Waals surface area contributed by atoms with Gasteiger partial charge in [-0.05, 0) is 19.8 Å². The van der Waals surface area contributed by atoms with Crippen LogP contribution >= 0.6 is 0 Å². The SMILES string of the molecule is CC(C)NC(=O)c1ncn2cc(C(C)C)ncc12. The molecule has 0 aliphatic heterocycles. The Balaban J connectivity index is 2.40. The van der Waals surface area contributed by atoms with E-state index in [0.717, 1.165) is 11.2 Å². The minimum absolute atomic E-state index is 0.0946. The fourth-order valence-corrected chi connectivity index (χ4v) is 1.72. The first-order valence-electron chi connectivity index (χ1n) is 6.12. The molecule has 0 saturated heterocycles. The fourth-order valence-electron chi connectivity index (χ4n) is 1.72. The van der Waals surface area contributed by atoms with Crippen molar-refractivity contribution in [3.8, 4) is 0 Å². The molecule has 2 rings (SSSR count). The van der Waals surface area contributed by atoms with Crippen LogP contribution in [0.3, 0.4) is 0 Å². The molecule has 0 aliphatic rings. The third kappa shape index (κ3) is 2.34. The summed E-state index contributed by atoms with van der Waals surface area (Å²) >= 11 is 0. The molecule has 0 bridgehead atoms. The number of nitrogens with one attached hydrogen (secondary N) is 1. The number of rotatable bonds is 3. The van der Waals surface area contributed by atoms with Crippen LogP contribution in [0.1, 0.15) is 49.8 Å². The van der Waals surface area contributed by atoms with Crippen LogP contribution in [0.25, 0.3) is 5.52 Å². The van der Waals surface area contributed by atoms with Gasteiger partial charge in [-0.2, -0.15) is 0 Å². The van der Waals surface area contributed by atoms with Crippen molar-refractivity contribution in [1.82, 2.24) is 19.7 Å². The average Bonchev–Trinajstić information content (AvgIpc) is 2.70. The van der Waals surface area contributed by atoms with Crippen molar-refractivity contribution in [2.75, 3.05) is 0 Å². The first-order chi connectivity index (χ1) is 8.49. The summed E-state index contributed by atoms with van der Waals surface area (Å²) in [4.78, 5) is 20.5. The summed E-state index contributed by atoms with van der Waals surface area (Å²) in [5, 5.41) is 2.83. The Morgan fingerprint density at radius 2 is 2.00 bits per heavy atom. The summed E-state index contributed by atoms with van der Waals surface area (Å²) in [5.74, 6) is 0.191. The molecule has 2 heterocycles. The molecule has 2 aromatic rings. The number of hydrogen-bond acceptors (Lipinski definition) is 3. The molecular formula is C13H18N4O. The third-order valence-corrected chi connectivity index (χ3v) is 2.67. The Labute approximate surface area is 106 Å². The van der Waals surface area contributed by atoms with E-state index >= 15 is 0 Å². The van der Waals surface area contributed by atoms with Crippen LogP contribution in [-0.2, 0) is 0 Å². The molecule has 0 spiro atoms. The molecule has 0 fully saturated rings. The molecule has 2 aromatic heterocycles. The van der Waals surface area contributed by atoms with Gasteiger partial charge >= 0.3 is 0 Å². The Bertz CT molecular complexity index is 571. The lowest BCUT2D eigenvalue weighted by Gasteiger charge is -2.07. The minimum atomic E-state index is -0.161. The van der Waals surface area contributed by atoms with Crippen molar-refractivity contribution in [3.05, 3.63) is 30.1 Å². The Hall–Kier alpha value is -1.91.